The van der Waals surface area contributed by atoms with Gasteiger partial charge in [-0.3, -0.25) is 4.79 Å². The topological polar surface area (TPSA) is 84.9 Å². The largest absolute Gasteiger partial charge is 0.493 e. The van der Waals surface area contributed by atoms with Crippen molar-refractivity contribution in [1.82, 2.24) is 9.62 Å². The van der Waals surface area contributed by atoms with Crippen LogP contribution in [0.15, 0.2) is 64.9 Å². The van der Waals surface area contributed by atoms with Crippen LogP contribution >= 0.6 is 11.3 Å². The summed E-state index contributed by atoms with van der Waals surface area (Å²) in [5.41, 5.74) is 1.27. The number of nitrogens with one attached hydrogen (secondary N) is 1. The Kier molecular flexibility index (Phi) is 8.71. The zero-order valence-corrected chi connectivity index (χ0v) is 20.6. The van der Waals surface area contributed by atoms with Crippen molar-refractivity contribution in [3.8, 4) is 23.8 Å². The maximum Gasteiger partial charge on any atom is 0.254 e. The monoisotopic (exact) mass is 498 g/mol. The number of amides is 1. The van der Waals surface area contributed by atoms with Crippen molar-refractivity contribution in [2.75, 3.05) is 20.2 Å². The summed E-state index contributed by atoms with van der Waals surface area (Å²) in [6, 6.07) is 15.3. The molecule has 1 aromatic heterocycles. The molecule has 0 bridgehead atoms. The van der Waals surface area contributed by atoms with Crippen LogP contribution < -0.4 is 14.2 Å². The van der Waals surface area contributed by atoms with E-state index in [1.165, 1.54) is 24.3 Å². The van der Waals surface area contributed by atoms with Gasteiger partial charge in [-0.2, -0.15) is 4.72 Å². The molecule has 0 unspecified atom stereocenters. The number of sulfonamides is 1. The summed E-state index contributed by atoms with van der Waals surface area (Å²) in [7, 11) is -2.14. The van der Waals surface area contributed by atoms with E-state index >= 15 is 0 Å². The van der Waals surface area contributed by atoms with E-state index in [1.54, 1.807) is 23.3 Å². The van der Waals surface area contributed by atoms with E-state index in [-0.39, 0.29) is 17.3 Å². The van der Waals surface area contributed by atoms with Crippen molar-refractivity contribution in [3.05, 3.63) is 76.0 Å². The molecule has 0 saturated carbocycles. The van der Waals surface area contributed by atoms with Crippen molar-refractivity contribution in [1.29, 1.82) is 0 Å². The average molecular weight is 499 g/mol. The van der Waals surface area contributed by atoms with Gasteiger partial charge in [0.15, 0.2) is 11.5 Å². The highest BCUT2D eigenvalue weighted by atomic mass is 32.2. The third-order valence-electron chi connectivity index (χ3n) is 5.00. The Morgan fingerprint density at radius 1 is 1.15 bits per heavy atom. The molecule has 2 aromatic carbocycles. The number of rotatable bonds is 11. The van der Waals surface area contributed by atoms with Gasteiger partial charge in [0.1, 0.15) is 6.61 Å². The van der Waals surface area contributed by atoms with Crippen LogP contribution in [0.3, 0.4) is 0 Å². The Hall–Kier alpha value is -3.32. The number of carbonyl (C=O) groups is 1. The highest BCUT2D eigenvalue weighted by Gasteiger charge is 2.18. The first-order valence-corrected chi connectivity index (χ1v) is 12.9. The van der Waals surface area contributed by atoms with E-state index in [0.717, 1.165) is 10.4 Å². The second-order valence-electron chi connectivity index (χ2n) is 7.23. The van der Waals surface area contributed by atoms with Gasteiger partial charge in [-0.05, 0) is 60.3 Å². The number of ether oxygens (including phenoxy) is 2. The summed E-state index contributed by atoms with van der Waals surface area (Å²) in [5, 5.41) is 2.00. The van der Waals surface area contributed by atoms with Gasteiger partial charge in [0.05, 0.1) is 18.6 Å². The van der Waals surface area contributed by atoms with Crippen LogP contribution in [0.2, 0.25) is 0 Å². The lowest BCUT2D eigenvalue weighted by atomic mass is 10.1. The molecule has 1 N–H and O–H groups in total. The van der Waals surface area contributed by atoms with E-state index in [9.17, 15) is 13.2 Å². The molecule has 34 heavy (non-hydrogen) atoms. The highest BCUT2D eigenvalue weighted by molar-refractivity contribution is 7.89. The van der Waals surface area contributed by atoms with Gasteiger partial charge in [-0.25, -0.2) is 8.42 Å². The van der Waals surface area contributed by atoms with Crippen molar-refractivity contribution in [3.63, 3.8) is 0 Å². The number of thiophene rings is 1. The van der Waals surface area contributed by atoms with Crippen LogP contribution in [-0.4, -0.2) is 39.4 Å². The molecule has 0 fully saturated rings. The SMILES string of the molecule is C#CCNS(=O)(=O)c1ccc(C(=O)N(CC)Cc2ccc(OCc3cccs3)c(OC)c2)cc1. The van der Waals surface area contributed by atoms with Crippen LogP contribution in [0.1, 0.15) is 27.7 Å². The van der Waals surface area contributed by atoms with Crippen molar-refractivity contribution in [2.24, 2.45) is 0 Å². The fourth-order valence-electron chi connectivity index (χ4n) is 3.20. The minimum absolute atomic E-state index is 0.0465. The molecule has 3 rings (SSSR count). The van der Waals surface area contributed by atoms with Gasteiger partial charge in [0, 0.05) is 23.5 Å². The minimum atomic E-state index is -3.71. The number of hydrogen-bond acceptors (Lipinski definition) is 6. The lowest BCUT2D eigenvalue weighted by Gasteiger charge is -2.22. The van der Waals surface area contributed by atoms with E-state index in [1.807, 2.05) is 42.6 Å². The van der Waals surface area contributed by atoms with Crippen LogP contribution in [0.25, 0.3) is 0 Å². The first kappa shape index (κ1) is 25.3. The predicted octanol–water partition coefficient (Wildman–Crippen LogP) is 3.91. The van der Waals surface area contributed by atoms with E-state index < -0.39 is 10.0 Å². The average Bonchev–Trinajstić information content (AvgIpc) is 3.38. The molecular formula is C25H26N2O5S2. The third-order valence-corrected chi connectivity index (χ3v) is 7.26. The molecule has 1 heterocycles. The Morgan fingerprint density at radius 2 is 1.91 bits per heavy atom. The molecule has 0 atom stereocenters. The van der Waals surface area contributed by atoms with Crippen molar-refractivity contribution >= 4 is 27.3 Å². The Morgan fingerprint density at radius 3 is 2.53 bits per heavy atom. The third kappa shape index (κ3) is 6.38. The van der Waals surface area contributed by atoms with Gasteiger partial charge in [0.2, 0.25) is 10.0 Å². The lowest BCUT2D eigenvalue weighted by molar-refractivity contribution is 0.0752. The summed E-state index contributed by atoms with van der Waals surface area (Å²) < 4.78 is 38.0. The maximum absolute atomic E-state index is 13.0. The molecule has 0 spiro atoms. The molecule has 0 radical (unpaired) electrons. The van der Waals surface area contributed by atoms with Crippen molar-refractivity contribution in [2.45, 2.75) is 25.0 Å². The van der Waals surface area contributed by atoms with E-state index in [2.05, 4.69) is 10.6 Å². The molecule has 0 aliphatic heterocycles. The molecule has 0 aliphatic carbocycles. The van der Waals surface area contributed by atoms with Gasteiger partial charge in [0.25, 0.3) is 5.91 Å². The van der Waals surface area contributed by atoms with Crippen LogP contribution in [0.5, 0.6) is 11.5 Å². The zero-order chi connectivity index (χ0) is 24.6. The first-order chi connectivity index (χ1) is 16.4. The van der Waals surface area contributed by atoms with E-state index in [4.69, 9.17) is 15.9 Å². The number of benzene rings is 2. The van der Waals surface area contributed by atoms with Crippen LogP contribution in [0, 0.1) is 12.3 Å². The summed E-state index contributed by atoms with van der Waals surface area (Å²) in [5.74, 6) is 3.24. The highest BCUT2D eigenvalue weighted by Crippen LogP contribution is 2.30. The second kappa shape index (κ2) is 11.7. The molecule has 0 saturated heterocycles. The number of hydrogen-bond donors (Lipinski definition) is 1. The molecule has 0 aliphatic rings. The number of methoxy groups -OCH3 is 1. The predicted molar refractivity (Wildman–Crippen MR) is 133 cm³/mol. The van der Waals surface area contributed by atoms with Gasteiger partial charge in [-0.1, -0.05) is 18.1 Å². The maximum atomic E-state index is 13.0. The van der Waals surface area contributed by atoms with Crippen LogP contribution in [-0.2, 0) is 23.2 Å². The lowest BCUT2D eigenvalue weighted by Crippen LogP contribution is -2.30. The molecule has 7 nitrogen and oxygen atoms in total. The fraction of sp³-hybridized carbons (Fsp3) is 0.240. The van der Waals surface area contributed by atoms with Gasteiger partial charge in [-0.15, -0.1) is 17.8 Å². The minimum Gasteiger partial charge on any atom is -0.493 e. The quantitative estimate of drug-likeness (QED) is 0.405. The van der Waals surface area contributed by atoms with Gasteiger partial charge < -0.3 is 14.4 Å². The second-order valence-corrected chi connectivity index (χ2v) is 10.0. The number of nitrogens with zero attached hydrogens (tertiary/aromatic N) is 1. The zero-order valence-electron chi connectivity index (χ0n) is 19.0. The molecule has 3 aromatic rings. The molecule has 178 valence electrons. The summed E-state index contributed by atoms with van der Waals surface area (Å²) in [4.78, 5) is 15.9. The Balaban J connectivity index is 1.70. The molecular weight excluding hydrogens is 472 g/mol. The molecule has 9 heteroatoms. The summed E-state index contributed by atoms with van der Waals surface area (Å²) >= 11 is 1.62. The van der Waals surface area contributed by atoms with E-state index in [0.29, 0.717) is 36.8 Å². The number of terminal acetylenes is 1. The fourth-order valence-corrected chi connectivity index (χ4v) is 4.75. The first-order valence-electron chi connectivity index (χ1n) is 10.5. The van der Waals surface area contributed by atoms with Gasteiger partial charge >= 0.3 is 0 Å². The summed E-state index contributed by atoms with van der Waals surface area (Å²) in [6.45, 7) is 3.07. The van der Waals surface area contributed by atoms with Crippen molar-refractivity contribution < 1.29 is 22.7 Å². The Labute approximate surface area is 204 Å². The normalized spacial score (nSPS) is 11.0. The Bertz CT molecular complexity index is 1250. The summed E-state index contributed by atoms with van der Waals surface area (Å²) in [6.07, 6.45) is 5.11. The smallest absolute Gasteiger partial charge is 0.254 e. The molecule has 1 amide bonds. The van der Waals surface area contributed by atoms with Crippen LogP contribution in [0.4, 0.5) is 0 Å². The standard InChI is InChI=1S/C25H26N2O5S2/c1-4-14-26-34(29,30)22-11-9-20(10-12-22)25(28)27(5-2)17-19-8-13-23(24(16-19)31-3)32-18-21-7-6-15-33-21/h1,6-13,15-16,26H,5,14,17-18H2,2-3H3. The number of carbonyl (C=O) groups excluding carboxylic acids is 1.